The summed E-state index contributed by atoms with van der Waals surface area (Å²) in [5.41, 5.74) is 10.4. The van der Waals surface area contributed by atoms with Crippen LogP contribution in [0.5, 0.6) is 0 Å². The van der Waals surface area contributed by atoms with Crippen molar-refractivity contribution in [1.82, 2.24) is 9.97 Å². The number of hydrogen-bond donors (Lipinski definition) is 3. The van der Waals surface area contributed by atoms with Crippen LogP contribution in [0.1, 0.15) is 29.7 Å². The minimum absolute atomic E-state index is 0.119. The van der Waals surface area contributed by atoms with Gasteiger partial charge in [-0.2, -0.15) is 0 Å². The molecule has 0 spiro atoms. The van der Waals surface area contributed by atoms with Crippen molar-refractivity contribution in [2.75, 3.05) is 11.1 Å². The Labute approximate surface area is 116 Å². The molecule has 1 aliphatic heterocycles. The Morgan fingerprint density at radius 3 is 2.90 bits per heavy atom. The number of H-pyrrole nitrogens is 1. The van der Waals surface area contributed by atoms with Crippen LogP contribution in [0.25, 0.3) is 11.6 Å². The SMILES string of the molecule is CCc1nc(/C=C2\C(=O)Nc3ccc(N)cc32)c(C)[nH]1. The molecule has 0 aliphatic carbocycles. The summed E-state index contributed by atoms with van der Waals surface area (Å²) < 4.78 is 0. The zero-order valence-corrected chi connectivity index (χ0v) is 11.4. The normalized spacial score (nSPS) is 15.5. The summed E-state index contributed by atoms with van der Waals surface area (Å²) in [7, 11) is 0. The van der Waals surface area contributed by atoms with Crippen LogP contribution < -0.4 is 11.1 Å². The summed E-state index contributed by atoms with van der Waals surface area (Å²) in [6.45, 7) is 3.99. The van der Waals surface area contributed by atoms with Gasteiger partial charge < -0.3 is 16.0 Å². The van der Waals surface area contributed by atoms with Crippen molar-refractivity contribution in [2.24, 2.45) is 0 Å². The molecule has 1 aromatic carbocycles. The molecule has 1 aliphatic rings. The lowest BCUT2D eigenvalue weighted by Gasteiger charge is -1.99. The number of benzene rings is 1. The van der Waals surface area contributed by atoms with Crippen molar-refractivity contribution in [3.63, 3.8) is 0 Å². The molecule has 0 unspecified atom stereocenters. The maximum Gasteiger partial charge on any atom is 0.256 e. The first kappa shape index (κ1) is 12.5. The Kier molecular flexibility index (Phi) is 2.82. The molecule has 0 saturated heterocycles. The fraction of sp³-hybridized carbons (Fsp3) is 0.200. The first-order valence-electron chi connectivity index (χ1n) is 6.57. The number of carbonyl (C=O) groups is 1. The highest BCUT2D eigenvalue weighted by Crippen LogP contribution is 2.34. The number of nitrogens with zero attached hydrogens (tertiary/aromatic N) is 1. The second-order valence-electron chi connectivity index (χ2n) is 4.86. The molecule has 0 bridgehead atoms. The second kappa shape index (κ2) is 4.52. The monoisotopic (exact) mass is 268 g/mol. The van der Waals surface area contributed by atoms with Gasteiger partial charge in [0.2, 0.25) is 0 Å². The zero-order valence-electron chi connectivity index (χ0n) is 11.4. The van der Waals surface area contributed by atoms with E-state index in [2.05, 4.69) is 15.3 Å². The molecule has 20 heavy (non-hydrogen) atoms. The van der Waals surface area contributed by atoms with E-state index < -0.39 is 0 Å². The van der Waals surface area contributed by atoms with Gasteiger partial charge in [0.05, 0.1) is 11.3 Å². The number of amides is 1. The number of aromatic amines is 1. The van der Waals surface area contributed by atoms with Crippen molar-refractivity contribution in [3.05, 3.63) is 41.0 Å². The minimum Gasteiger partial charge on any atom is -0.399 e. The largest absolute Gasteiger partial charge is 0.399 e. The highest BCUT2D eigenvalue weighted by molar-refractivity contribution is 6.35. The number of imidazole rings is 1. The number of nitrogens with two attached hydrogens (primary N) is 1. The van der Waals surface area contributed by atoms with Crippen molar-refractivity contribution in [1.29, 1.82) is 0 Å². The van der Waals surface area contributed by atoms with Gasteiger partial charge in [-0.25, -0.2) is 4.98 Å². The molecular formula is C15H16N4O. The third kappa shape index (κ3) is 1.97. The van der Waals surface area contributed by atoms with E-state index in [0.29, 0.717) is 11.3 Å². The van der Waals surface area contributed by atoms with Crippen molar-refractivity contribution >= 4 is 28.9 Å². The average molecular weight is 268 g/mol. The van der Waals surface area contributed by atoms with Crippen LogP contribution in [0, 0.1) is 6.92 Å². The zero-order chi connectivity index (χ0) is 14.3. The highest BCUT2D eigenvalue weighted by Gasteiger charge is 2.24. The third-order valence-corrected chi connectivity index (χ3v) is 3.41. The standard InChI is InChI=1S/C15H16N4O/c1-3-14-17-8(2)13(18-14)7-11-10-6-9(16)4-5-12(10)19-15(11)20/h4-7H,3,16H2,1-2H3,(H,17,18)(H,19,20)/b11-7-. The first-order valence-corrected chi connectivity index (χ1v) is 6.57. The number of hydrogen-bond acceptors (Lipinski definition) is 3. The second-order valence-corrected chi connectivity index (χ2v) is 4.86. The van der Waals surface area contributed by atoms with E-state index in [1.807, 2.05) is 32.1 Å². The van der Waals surface area contributed by atoms with Gasteiger partial charge in [-0.05, 0) is 31.2 Å². The van der Waals surface area contributed by atoms with E-state index in [1.165, 1.54) is 0 Å². The Morgan fingerprint density at radius 1 is 1.40 bits per heavy atom. The predicted octanol–water partition coefficient (Wildman–Crippen LogP) is 2.36. The lowest BCUT2D eigenvalue weighted by atomic mass is 10.0. The van der Waals surface area contributed by atoms with E-state index in [9.17, 15) is 4.79 Å². The van der Waals surface area contributed by atoms with Gasteiger partial charge in [0, 0.05) is 29.1 Å². The molecule has 1 aromatic heterocycles. The third-order valence-electron chi connectivity index (χ3n) is 3.41. The molecule has 5 heteroatoms. The molecule has 0 atom stereocenters. The maximum absolute atomic E-state index is 12.1. The fourth-order valence-corrected chi connectivity index (χ4v) is 2.33. The minimum atomic E-state index is -0.119. The Hall–Kier alpha value is -2.56. The van der Waals surface area contributed by atoms with E-state index in [4.69, 9.17) is 5.73 Å². The molecule has 102 valence electrons. The van der Waals surface area contributed by atoms with Gasteiger partial charge in [-0.3, -0.25) is 4.79 Å². The Morgan fingerprint density at radius 2 is 2.20 bits per heavy atom. The Bertz CT molecular complexity index is 727. The summed E-state index contributed by atoms with van der Waals surface area (Å²) >= 11 is 0. The number of aromatic nitrogens is 2. The number of fused-ring (bicyclic) bond motifs is 1. The van der Waals surface area contributed by atoms with E-state index in [0.717, 1.165) is 34.9 Å². The quantitative estimate of drug-likeness (QED) is 0.577. The summed E-state index contributed by atoms with van der Waals surface area (Å²) in [5.74, 6) is 0.798. The van der Waals surface area contributed by atoms with Gasteiger partial charge in [0.1, 0.15) is 5.82 Å². The van der Waals surface area contributed by atoms with Crippen LogP contribution in [0.15, 0.2) is 18.2 Å². The van der Waals surface area contributed by atoms with Gasteiger partial charge >= 0.3 is 0 Å². The molecule has 0 radical (unpaired) electrons. The van der Waals surface area contributed by atoms with Gasteiger partial charge in [-0.15, -0.1) is 0 Å². The Balaban J connectivity index is 2.10. The van der Waals surface area contributed by atoms with E-state index >= 15 is 0 Å². The van der Waals surface area contributed by atoms with E-state index in [1.54, 1.807) is 6.07 Å². The van der Waals surface area contributed by atoms with Crippen LogP contribution in [-0.2, 0) is 11.2 Å². The molecule has 2 aromatic rings. The molecule has 5 nitrogen and oxygen atoms in total. The van der Waals surface area contributed by atoms with Crippen molar-refractivity contribution in [3.8, 4) is 0 Å². The number of carbonyl (C=O) groups excluding carboxylic acids is 1. The molecule has 0 fully saturated rings. The van der Waals surface area contributed by atoms with Crippen LogP contribution in [0.2, 0.25) is 0 Å². The van der Waals surface area contributed by atoms with Crippen LogP contribution in [-0.4, -0.2) is 15.9 Å². The predicted molar refractivity (Wildman–Crippen MR) is 80.1 cm³/mol. The molecule has 3 rings (SSSR count). The van der Waals surface area contributed by atoms with Crippen molar-refractivity contribution < 1.29 is 4.79 Å². The molecule has 1 amide bonds. The molecular weight excluding hydrogens is 252 g/mol. The summed E-state index contributed by atoms with van der Waals surface area (Å²) in [5, 5.41) is 2.83. The van der Waals surface area contributed by atoms with Crippen LogP contribution >= 0.6 is 0 Å². The maximum atomic E-state index is 12.1. The van der Waals surface area contributed by atoms with E-state index in [-0.39, 0.29) is 5.91 Å². The number of nitrogens with one attached hydrogen (secondary N) is 2. The fourth-order valence-electron chi connectivity index (χ4n) is 2.33. The lowest BCUT2D eigenvalue weighted by Crippen LogP contribution is -2.03. The van der Waals surface area contributed by atoms with Crippen LogP contribution in [0.4, 0.5) is 11.4 Å². The summed E-state index contributed by atoms with van der Waals surface area (Å²) in [6.07, 6.45) is 2.64. The smallest absolute Gasteiger partial charge is 0.256 e. The average Bonchev–Trinajstić information content (AvgIpc) is 2.92. The number of aryl methyl sites for hydroxylation is 2. The molecule has 0 saturated carbocycles. The number of rotatable bonds is 2. The lowest BCUT2D eigenvalue weighted by molar-refractivity contribution is -0.110. The first-order chi connectivity index (χ1) is 9.58. The van der Waals surface area contributed by atoms with Gasteiger partial charge in [-0.1, -0.05) is 6.92 Å². The van der Waals surface area contributed by atoms with Crippen molar-refractivity contribution in [2.45, 2.75) is 20.3 Å². The number of nitrogen functional groups attached to an aromatic ring is 1. The highest BCUT2D eigenvalue weighted by atomic mass is 16.2. The number of anilines is 2. The molecule has 4 N–H and O–H groups in total. The summed E-state index contributed by atoms with van der Waals surface area (Å²) in [6, 6.07) is 5.40. The van der Waals surface area contributed by atoms with Gasteiger partial charge in [0.25, 0.3) is 5.91 Å². The topological polar surface area (TPSA) is 83.8 Å². The molecule has 2 heterocycles. The summed E-state index contributed by atoms with van der Waals surface area (Å²) in [4.78, 5) is 19.8. The van der Waals surface area contributed by atoms with Crippen LogP contribution in [0.3, 0.4) is 0 Å². The van der Waals surface area contributed by atoms with Gasteiger partial charge in [0.15, 0.2) is 0 Å².